The van der Waals surface area contributed by atoms with Gasteiger partial charge in [0.1, 0.15) is 0 Å². The van der Waals surface area contributed by atoms with Crippen LogP contribution in [0.2, 0.25) is 0 Å². The number of morpholine rings is 1. The second-order valence-electron chi connectivity index (χ2n) is 4.41. The van der Waals surface area contributed by atoms with Gasteiger partial charge in [0.25, 0.3) is 0 Å². The summed E-state index contributed by atoms with van der Waals surface area (Å²) in [7, 11) is 0. The summed E-state index contributed by atoms with van der Waals surface area (Å²) < 4.78 is 5.87. The van der Waals surface area contributed by atoms with E-state index in [1.54, 1.807) is 0 Å². The molecular weight excluding hydrogens is 242 g/mol. The van der Waals surface area contributed by atoms with Gasteiger partial charge in [0.2, 0.25) is 0 Å². The van der Waals surface area contributed by atoms with Gasteiger partial charge in [0.15, 0.2) is 0 Å². The van der Waals surface area contributed by atoms with Gasteiger partial charge in [0.05, 0.1) is 23.8 Å². The molecule has 0 N–H and O–H groups in total. The van der Waals surface area contributed by atoms with Crippen LogP contribution in [0.3, 0.4) is 0 Å². The largest absolute Gasteiger partial charge is 0.374 e. The molecule has 2 aliphatic rings. The predicted molar refractivity (Wildman–Crippen MR) is 70.9 cm³/mol. The van der Waals surface area contributed by atoms with Crippen molar-refractivity contribution in [3.05, 3.63) is 17.5 Å². The molecule has 1 aliphatic heterocycles. The van der Waals surface area contributed by atoms with Gasteiger partial charge in [-0.1, -0.05) is 12.8 Å². The Morgan fingerprint density at radius 3 is 3.00 bits per heavy atom. The van der Waals surface area contributed by atoms with Crippen LogP contribution in [-0.2, 0) is 4.74 Å². The first-order valence-electron chi connectivity index (χ1n) is 5.87. The highest BCUT2D eigenvalue weighted by Crippen LogP contribution is 2.33. The van der Waals surface area contributed by atoms with E-state index in [9.17, 15) is 0 Å². The van der Waals surface area contributed by atoms with Crippen molar-refractivity contribution in [1.82, 2.24) is 0 Å². The molecule has 4 heteroatoms. The van der Waals surface area contributed by atoms with Crippen molar-refractivity contribution in [3.63, 3.8) is 0 Å². The molecule has 1 aromatic rings. The maximum Gasteiger partial charge on any atom is 0.0912 e. The average Bonchev–Trinajstić information content (AvgIpc) is 2.82. The van der Waals surface area contributed by atoms with Crippen LogP contribution in [0, 0.1) is 0 Å². The molecule has 90 valence electrons. The predicted octanol–water partition coefficient (Wildman–Crippen LogP) is 3.32. The van der Waals surface area contributed by atoms with Gasteiger partial charge >= 0.3 is 0 Å². The monoisotopic (exact) mass is 259 g/mol. The SMILES string of the molecule is Cl.c1csc(N2CCO[C@@H]3CCCC[C@@H]32)c1. The van der Waals surface area contributed by atoms with E-state index in [4.69, 9.17) is 4.74 Å². The molecule has 0 aromatic carbocycles. The molecule has 1 aliphatic carbocycles. The maximum atomic E-state index is 5.87. The Kier molecular flexibility index (Phi) is 4.11. The minimum absolute atomic E-state index is 0. The Hall–Kier alpha value is -0.250. The quantitative estimate of drug-likeness (QED) is 0.767. The lowest BCUT2D eigenvalue weighted by molar-refractivity contribution is -0.00840. The molecule has 2 nitrogen and oxygen atoms in total. The van der Waals surface area contributed by atoms with Crippen LogP contribution in [0.25, 0.3) is 0 Å². The summed E-state index contributed by atoms with van der Waals surface area (Å²) in [5, 5.41) is 3.60. The lowest BCUT2D eigenvalue weighted by Crippen LogP contribution is -2.52. The third-order valence-electron chi connectivity index (χ3n) is 3.52. The molecule has 0 spiro atoms. The first kappa shape index (κ1) is 12.2. The van der Waals surface area contributed by atoms with Gasteiger partial charge in [-0.3, -0.25) is 0 Å². The van der Waals surface area contributed by atoms with E-state index in [-0.39, 0.29) is 12.4 Å². The van der Waals surface area contributed by atoms with Gasteiger partial charge in [-0.15, -0.1) is 23.7 Å². The lowest BCUT2D eigenvalue weighted by atomic mass is 9.90. The highest BCUT2D eigenvalue weighted by Gasteiger charge is 2.34. The van der Waals surface area contributed by atoms with Crippen LogP contribution < -0.4 is 4.90 Å². The van der Waals surface area contributed by atoms with Crippen molar-refractivity contribution in [3.8, 4) is 0 Å². The summed E-state index contributed by atoms with van der Waals surface area (Å²) in [5.41, 5.74) is 0. The Balaban J connectivity index is 0.000000963. The van der Waals surface area contributed by atoms with E-state index in [1.165, 1.54) is 30.7 Å². The summed E-state index contributed by atoms with van der Waals surface area (Å²) in [6, 6.07) is 5.03. The third-order valence-corrected chi connectivity index (χ3v) is 4.43. The van der Waals surface area contributed by atoms with E-state index in [0.717, 1.165) is 13.2 Å². The molecule has 2 fully saturated rings. The van der Waals surface area contributed by atoms with Gasteiger partial charge in [-0.25, -0.2) is 0 Å². The number of thiophene rings is 1. The lowest BCUT2D eigenvalue weighted by Gasteiger charge is -2.44. The number of ether oxygens (including phenoxy) is 1. The van der Waals surface area contributed by atoms with Crippen molar-refractivity contribution < 1.29 is 4.74 Å². The van der Waals surface area contributed by atoms with Crippen LogP contribution in [0.15, 0.2) is 17.5 Å². The fourth-order valence-electron chi connectivity index (χ4n) is 2.80. The highest BCUT2D eigenvalue weighted by molar-refractivity contribution is 7.14. The Morgan fingerprint density at radius 2 is 2.19 bits per heavy atom. The zero-order valence-electron chi connectivity index (χ0n) is 9.30. The Morgan fingerprint density at radius 1 is 1.31 bits per heavy atom. The van der Waals surface area contributed by atoms with Gasteiger partial charge in [0, 0.05) is 6.54 Å². The normalized spacial score (nSPS) is 29.4. The molecule has 1 saturated heterocycles. The number of nitrogens with zero attached hydrogens (tertiary/aromatic N) is 1. The molecule has 16 heavy (non-hydrogen) atoms. The molecule has 0 unspecified atom stereocenters. The minimum Gasteiger partial charge on any atom is -0.374 e. The van der Waals surface area contributed by atoms with Crippen LogP contribution in [0.5, 0.6) is 0 Å². The second-order valence-corrected chi connectivity index (χ2v) is 5.33. The standard InChI is InChI=1S/C12H17NOS.ClH/c1-2-5-11-10(4-1)13(7-8-14-11)12-6-3-9-15-12;/h3,6,9-11H,1-2,4-5,7-8H2;1H/t10-,11+;/m0./s1. The van der Waals surface area contributed by atoms with E-state index in [2.05, 4.69) is 22.4 Å². The smallest absolute Gasteiger partial charge is 0.0912 e. The van der Waals surface area contributed by atoms with Crippen LogP contribution in [-0.4, -0.2) is 25.3 Å². The van der Waals surface area contributed by atoms with Gasteiger partial charge in [-0.2, -0.15) is 0 Å². The first-order chi connectivity index (χ1) is 7.45. The zero-order valence-corrected chi connectivity index (χ0v) is 10.9. The van der Waals surface area contributed by atoms with E-state index in [1.807, 2.05) is 11.3 Å². The van der Waals surface area contributed by atoms with Crippen molar-refractivity contribution in [2.45, 2.75) is 37.8 Å². The highest BCUT2D eigenvalue weighted by atomic mass is 35.5. The summed E-state index contributed by atoms with van der Waals surface area (Å²) >= 11 is 1.86. The van der Waals surface area contributed by atoms with Crippen LogP contribution >= 0.6 is 23.7 Å². The molecule has 2 atom stereocenters. The average molecular weight is 260 g/mol. The summed E-state index contributed by atoms with van der Waals surface area (Å²) in [6.07, 6.45) is 5.77. The Labute approximate surface area is 107 Å². The molecular formula is C12H18ClNOS. The number of hydrogen-bond acceptors (Lipinski definition) is 3. The van der Waals surface area contributed by atoms with Gasteiger partial charge in [-0.05, 0) is 30.4 Å². The molecule has 1 saturated carbocycles. The van der Waals surface area contributed by atoms with E-state index >= 15 is 0 Å². The number of hydrogen-bond donors (Lipinski definition) is 0. The maximum absolute atomic E-state index is 5.87. The summed E-state index contributed by atoms with van der Waals surface area (Å²) in [6.45, 7) is 1.97. The Bertz CT molecular complexity index is 315. The fraction of sp³-hybridized carbons (Fsp3) is 0.667. The molecule has 0 amide bonds. The minimum atomic E-state index is 0. The number of halogens is 1. The second kappa shape index (κ2) is 5.39. The van der Waals surface area contributed by atoms with E-state index in [0.29, 0.717) is 12.1 Å². The molecule has 1 aromatic heterocycles. The van der Waals surface area contributed by atoms with Crippen molar-refractivity contribution in [1.29, 1.82) is 0 Å². The van der Waals surface area contributed by atoms with Crippen LogP contribution in [0.4, 0.5) is 5.00 Å². The topological polar surface area (TPSA) is 12.5 Å². The summed E-state index contributed by atoms with van der Waals surface area (Å²) in [4.78, 5) is 2.57. The molecule has 3 rings (SSSR count). The number of fused-ring (bicyclic) bond motifs is 1. The van der Waals surface area contributed by atoms with Crippen LogP contribution in [0.1, 0.15) is 25.7 Å². The third kappa shape index (κ3) is 2.22. The fourth-order valence-corrected chi connectivity index (χ4v) is 3.62. The van der Waals surface area contributed by atoms with E-state index < -0.39 is 0 Å². The molecule has 0 bridgehead atoms. The summed E-state index contributed by atoms with van der Waals surface area (Å²) in [5.74, 6) is 0. The first-order valence-corrected chi connectivity index (χ1v) is 6.75. The number of anilines is 1. The zero-order chi connectivity index (χ0) is 10.1. The number of rotatable bonds is 1. The van der Waals surface area contributed by atoms with Crippen molar-refractivity contribution in [2.24, 2.45) is 0 Å². The van der Waals surface area contributed by atoms with Crippen molar-refractivity contribution >= 4 is 28.7 Å². The van der Waals surface area contributed by atoms with Gasteiger partial charge < -0.3 is 9.64 Å². The van der Waals surface area contributed by atoms with Crippen molar-refractivity contribution in [2.75, 3.05) is 18.1 Å². The molecule has 0 radical (unpaired) electrons. The molecule has 2 heterocycles.